The molecular formula is C57H91NO15. The van der Waals surface area contributed by atoms with Gasteiger partial charge >= 0.3 is 5.97 Å². The van der Waals surface area contributed by atoms with Crippen LogP contribution in [0.3, 0.4) is 0 Å². The zero-order chi connectivity index (χ0) is 53.8. The van der Waals surface area contributed by atoms with Crippen LogP contribution in [0.4, 0.5) is 0 Å². The van der Waals surface area contributed by atoms with Crippen molar-refractivity contribution < 1.29 is 71.7 Å². The van der Waals surface area contributed by atoms with Gasteiger partial charge in [-0.3, -0.25) is 19.2 Å². The van der Waals surface area contributed by atoms with Gasteiger partial charge in [0.15, 0.2) is 5.78 Å². The minimum atomic E-state index is -2.46. The number of fused-ring (bicyclic) bond motifs is 3. The number of piperidine rings is 1. The zero-order valence-electron chi connectivity index (χ0n) is 46.2. The molecule has 2 saturated heterocycles. The first-order chi connectivity index (χ1) is 34.8. The van der Waals surface area contributed by atoms with Gasteiger partial charge in [0.25, 0.3) is 11.7 Å². The van der Waals surface area contributed by atoms with Gasteiger partial charge in [-0.2, -0.15) is 0 Å². The van der Waals surface area contributed by atoms with Crippen LogP contribution in [0.5, 0.6) is 0 Å². The van der Waals surface area contributed by atoms with E-state index in [0.717, 1.165) is 24.8 Å². The number of aliphatic hydroxyl groups is 1. The third kappa shape index (κ3) is 17.8. The Morgan fingerprint density at radius 3 is 2.16 bits per heavy atom. The average molecular weight is 1030 g/mol. The number of cyclic esters (lactones) is 1. The minimum absolute atomic E-state index is 0.0321. The fourth-order valence-electron chi connectivity index (χ4n) is 11.1. The number of ether oxygens (including phenoxy) is 9. The number of rotatable bonds is 14. The van der Waals surface area contributed by atoms with Gasteiger partial charge in [-0.15, -0.1) is 0 Å². The van der Waals surface area contributed by atoms with E-state index in [1.165, 1.54) is 19.1 Å². The number of ketones is 3. The second-order valence-electron chi connectivity index (χ2n) is 21.2. The maximum atomic E-state index is 14.6. The molecular weight excluding hydrogens is 939 g/mol. The van der Waals surface area contributed by atoms with Crippen LogP contribution in [0.2, 0.25) is 0 Å². The molecule has 414 valence electrons. The molecule has 1 saturated carbocycles. The zero-order valence-corrected chi connectivity index (χ0v) is 46.2. The smallest absolute Gasteiger partial charge is 0.329 e. The SMILES string of the molecule is COCCOCCO[C@@H]1C[C@@H]2CC[C@@H](C)[C@@](O)(O2)C(=O)C(=O)N2CCCC[C@H]2C(=O)O[C@H]([C@H](C)C[C@@H]2CC[C@@H](OC)[C@H](OC)C2)CC(=O)[C@H](C)/C=C(\C)[C@@H](OC)[C@@H](OC)C(=O)[C@H](C)C[C@H](C)/C=C/C=C/C=C/1C. The van der Waals surface area contributed by atoms with Gasteiger partial charge in [0.05, 0.1) is 50.8 Å². The largest absolute Gasteiger partial charge is 0.460 e. The number of hydrogen-bond donors (Lipinski definition) is 1. The molecule has 73 heavy (non-hydrogen) atoms. The van der Waals surface area contributed by atoms with Gasteiger partial charge in [-0.1, -0.05) is 71.1 Å². The summed E-state index contributed by atoms with van der Waals surface area (Å²) >= 11 is 0. The highest BCUT2D eigenvalue weighted by molar-refractivity contribution is 6.39. The van der Waals surface area contributed by atoms with Crippen molar-refractivity contribution in [1.82, 2.24) is 4.90 Å². The molecule has 0 radical (unpaired) electrons. The molecule has 4 rings (SSSR count). The highest BCUT2D eigenvalue weighted by Gasteiger charge is 2.53. The van der Waals surface area contributed by atoms with Crippen molar-refractivity contribution in [2.45, 2.75) is 180 Å². The Morgan fingerprint density at radius 2 is 1.48 bits per heavy atom. The van der Waals surface area contributed by atoms with Crippen molar-refractivity contribution in [3.63, 3.8) is 0 Å². The second kappa shape index (κ2) is 30.9. The molecule has 4 aliphatic rings. The quantitative estimate of drug-likeness (QED) is 0.0777. The standard InChI is InChI=1S/C57H91NO15/c1-36-18-14-13-15-19-37(2)48(71-29-28-70-27-26-65-8)34-44-23-21-42(7)57(64,73-44)54(61)55(62)58-25-17-16-20-45(58)56(63)72-49(39(4)32-43-22-24-47(66-9)50(33-43)67-10)35-46(59)38(3)31-41(6)52(68-11)53(69-12)51(60)40(5)30-36/h13-15,18-19,31,36,38-40,42-45,47-50,52-53,64H,16-17,20-30,32-35H2,1-12H3/b15-13+,18-14+,37-19+,41-31+/t36-,38-,39-,40-,42-,43+,44+,45+,47-,48-,49+,50-,52-,53+,57-/m1/s1. The Bertz CT molecular complexity index is 1900. The molecule has 2 bridgehead atoms. The van der Waals surface area contributed by atoms with E-state index in [1.807, 2.05) is 65.0 Å². The number of hydrogen-bond acceptors (Lipinski definition) is 15. The van der Waals surface area contributed by atoms with Crippen molar-refractivity contribution in [1.29, 1.82) is 0 Å². The van der Waals surface area contributed by atoms with Gasteiger partial charge in [-0.25, -0.2) is 4.79 Å². The van der Waals surface area contributed by atoms with Gasteiger partial charge < -0.3 is 52.6 Å². The highest BCUT2D eigenvalue weighted by atomic mass is 16.6. The molecule has 3 aliphatic heterocycles. The highest BCUT2D eigenvalue weighted by Crippen LogP contribution is 2.38. The van der Waals surface area contributed by atoms with Crippen LogP contribution >= 0.6 is 0 Å². The molecule has 0 aromatic rings. The van der Waals surface area contributed by atoms with Crippen LogP contribution in [0.25, 0.3) is 0 Å². The normalized spacial score (nSPS) is 37.3. The van der Waals surface area contributed by atoms with Crippen molar-refractivity contribution >= 4 is 29.2 Å². The lowest BCUT2D eigenvalue weighted by molar-refractivity contribution is -0.266. The minimum Gasteiger partial charge on any atom is -0.460 e. The van der Waals surface area contributed by atoms with Crippen LogP contribution in [0, 0.1) is 35.5 Å². The average Bonchev–Trinajstić information content (AvgIpc) is 3.37. The van der Waals surface area contributed by atoms with Crippen LogP contribution in [0.1, 0.15) is 126 Å². The van der Waals surface area contributed by atoms with E-state index in [-0.39, 0.29) is 79.9 Å². The third-order valence-corrected chi connectivity index (χ3v) is 15.7. The molecule has 1 aliphatic carbocycles. The predicted molar refractivity (Wildman–Crippen MR) is 276 cm³/mol. The number of esters is 1. The molecule has 0 unspecified atom stereocenters. The molecule has 1 amide bonds. The number of amides is 1. The van der Waals surface area contributed by atoms with Crippen molar-refractivity contribution in [2.24, 2.45) is 35.5 Å². The Balaban J connectivity index is 1.73. The molecule has 0 aromatic heterocycles. The Labute approximate surface area is 436 Å². The number of methoxy groups -OCH3 is 5. The molecule has 0 spiro atoms. The summed E-state index contributed by atoms with van der Waals surface area (Å²) in [5.41, 5.74) is 1.51. The Morgan fingerprint density at radius 1 is 0.767 bits per heavy atom. The van der Waals surface area contributed by atoms with Crippen LogP contribution in [0.15, 0.2) is 47.6 Å². The van der Waals surface area contributed by atoms with Crippen LogP contribution in [-0.2, 0) is 66.6 Å². The Hall–Kier alpha value is -3.45. The van der Waals surface area contributed by atoms with E-state index in [2.05, 4.69) is 0 Å². The van der Waals surface area contributed by atoms with E-state index in [4.69, 9.17) is 42.6 Å². The van der Waals surface area contributed by atoms with Gasteiger partial charge in [0.2, 0.25) is 5.79 Å². The lowest BCUT2D eigenvalue weighted by Crippen LogP contribution is -2.61. The summed E-state index contributed by atoms with van der Waals surface area (Å²) in [6.45, 7) is 14.6. The fraction of sp³-hybridized carbons (Fsp3) is 0.772. The van der Waals surface area contributed by atoms with E-state index in [0.29, 0.717) is 63.9 Å². The number of Topliss-reactive ketones (excluding diaryl/α,β-unsaturated/α-hetero) is 3. The number of allylic oxidation sites excluding steroid dienone is 6. The summed E-state index contributed by atoms with van der Waals surface area (Å²) in [5.74, 6) is -7.43. The van der Waals surface area contributed by atoms with Gasteiger partial charge in [0.1, 0.15) is 30.1 Å². The molecule has 16 heteroatoms. The molecule has 3 fully saturated rings. The monoisotopic (exact) mass is 1030 g/mol. The molecule has 15 atom stereocenters. The first-order valence-corrected chi connectivity index (χ1v) is 26.9. The number of carbonyl (C=O) groups excluding carboxylic acids is 5. The summed E-state index contributed by atoms with van der Waals surface area (Å²) in [6, 6.07) is -1.13. The lowest BCUT2D eigenvalue weighted by atomic mass is 9.78. The summed E-state index contributed by atoms with van der Waals surface area (Å²) in [7, 11) is 7.96. The lowest BCUT2D eigenvalue weighted by Gasteiger charge is -2.43. The second-order valence-corrected chi connectivity index (χ2v) is 21.2. The maximum Gasteiger partial charge on any atom is 0.329 e. The van der Waals surface area contributed by atoms with Crippen LogP contribution in [-0.4, -0.2) is 162 Å². The molecule has 1 N–H and O–H groups in total. The first kappa shape index (κ1) is 62.1. The van der Waals surface area contributed by atoms with Gasteiger partial charge in [0, 0.05) is 72.7 Å². The summed E-state index contributed by atoms with van der Waals surface area (Å²) in [6.07, 6.45) is 13.7. The Kier molecular flexibility index (Phi) is 26.3. The van der Waals surface area contributed by atoms with E-state index >= 15 is 0 Å². The summed E-state index contributed by atoms with van der Waals surface area (Å²) < 4.78 is 53.0. The van der Waals surface area contributed by atoms with Crippen LogP contribution < -0.4 is 0 Å². The van der Waals surface area contributed by atoms with Crippen molar-refractivity contribution in [2.75, 3.05) is 68.5 Å². The maximum absolute atomic E-state index is 14.6. The van der Waals surface area contributed by atoms with E-state index in [1.54, 1.807) is 41.3 Å². The third-order valence-electron chi connectivity index (χ3n) is 15.7. The summed E-state index contributed by atoms with van der Waals surface area (Å²) in [4.78, 5) is 73.1. The molecule has 3 heterocycles. The van der Waals surface area contributed by atoms with Crippen molar-refractivity contribution in [3.8, 4) is 0 Å². The molecule has 16 nitrogen and oxygen atoms in total. The van der Waals surface area contributed by atoms with Gasteiger partial charge in [-0.05, 0) is 107 Å². The topological polar surface area (TPSA) is 192 Å². The number of nitrogens with zero attached hydrogens (tertiary/aromatic N) is 1. The van der Waals surface area contributed by atoms with E-state index in [9.17, 15) is 29.1 Å². The predicted octanol–water partition coefficient (Wildman–Crippen LogP) is 7.52. The summed E-state index contributed by atoms with van der Waals surface area (Å²) in [5, 5.41) is 12.2. The first-order valence-electron chi connectivity index (χ1n) is 26.9. The van der Waals surface area contributed by atoms with Crippen molar-refractivity contribution in [3.05, 3.63) is 47.6 Å². The van der Waals surface area contributed by atoms with E-state index < -0.39 is 71.8 Å². The number of carbonyl (C=O) groups is 5. The fourth-order valence-corrected chi connectivity index (χ4v) is 11.1. The molecule has 0 aromatic carbocycles.